The van der Waals surface area contributed by atoms with Gasteiger partial charge in [-0.3, -0.25) is 4.79 Å². The third-order valence-electron chi connectivity index (χ3n) is 3.96. The van der Waals surface area contributed by atoms with Crippen LogP contribution in [0.15, 0.2) is 54.6 Å². The number of Topliss-reactive ketones (excluding diaryl/α,β-unsaturated/α-hetero) is 1. The zero-order valence-electron chi connectivity index (χ0n) is 15.8. The zero-order chi connectivity index (χ0) is 20.1. The fourth-order valence-corrected chi connectivity index (χ4v) is 2.59. The van der Waals surface area contributed by atoms with Crippen molar-refractivity contribution in [3.63, 3.8) is 0 Å². The van der Waals surface area contributed by atoms with Crippen LogP contribution in [-0.2, 0) is 4.74 Å². The summed E-state index contributed by atoms with van der Waals surface area (Å²) in [7, 11) is 1.34. The molecule has 2 aromatic carbocycles. The van der Waals surface area contributed by atoms with Gasteiger partial charge in [-0.15, -0.1) is 0 Å². The molecule has 0 atom stereocenters. The molecule has 0 bridgehead atoms. The number of methoxy groups -OCH3 is 1. The summed E-state index contributed by atoms with van der Waals surface area (Å²) in [6.07, 6.45) is 0. The monoisotopic (exact) mass is 376 g/mol. The topological polar surface area (TPSA) is 93.2 Å². The Morgan fingerprint density at radius 3 is 2.32 bits per heavy atom. The molecular formula is C21H20N4O3. The molecule has 0 radical (unpaired) electrons. The van der Waals surface area contributed by atoms with Gasteiger partial charge in [0.25, 0.3) is 0 Å². The van der Waals surface area contributed by atoms with Gasteiger partial charge in [0.05, 0.1) is 12.7 Å². The lowest BCUT2D eigenvalue weighted by molar-refractivity contribution is 0.0600. The van der Waals surface area contributed by atoms with E-state index >= 15 is 0 Å². The molecule has 0 aliphatic rings. The fourth-order valence-electron chi connectivity index (χ4n) is 2.59. The maximum absolute atomic E-state index is 11.6. The van der Waals surface area contributed by atoms with E-state index in [9.17, 15) is 9.59 Å². The summed E-state index contributed by atoms with van der Waals surface area (Å²) in [4.78, 5) is 31.9. The summed E-state index contributed by atoms with van der Waals surface area (Å²) in [5, 5.41) is 6.31. The number of anilines is 4. The molecule has 0 aliphatic carbocycles. The minimum absolute atomic E-state index is 0.000255. The van der Waals surface area contributed by atoms with Crippen molar-refractivity contribution >= 4 is 34.9 Å². The summed E-state index contributed by atoms with van der Waals surface area (Å²) in [6.45, 7) is 3.39. The summed E-state index contributed by atoms with van der Waals surface area (Å²) < 4.78 is 4.69. The van der Waals surface area contributed by atoms with E-state index in [4.69, 9.17) is 4.74 Å². The van der Waals surface area contributed by atoms with Crippen molar-refractivity contribution in [3.05, 3.63) is 71.4 Å². The molecule has 0 unspecified atom stereocenters. The SMILES string of the molecule is COC(=O)c1ccc(Nc2nc(C)cc(Nc3cccc(C(C)=O)c3)n2)cc1. The number of ether oxygens (including phenoxy) is 1. The van der Waals surface area contributed by atoms with Crippen LogP contribution in [-0.4, -0.2) is 28.8 Å². The molecule has 0 aliphatic heterocycles. The van der Waals surface area contributed by atoms with E-state index in [2.05, 4.69) is 20.6 Å². The Kier molecular flexibility index (Phi) is 5.64. The fraction of sp³-hybridized carbons (Fsp3) is 0.143. The largest absolute Gasteiger partial charge is 0.465 e. The van der Waals surface area contributed by atoms with Crippen molar-refractivity contribution in [1.82, 2.24) is 9.97 Å². The van der Waals surface area contributed by atoms with Crippen molar-refractivity contribution in [2.24, 2.45) is 0 Å². The second-order valence-electron chi connectivity index (χ2n) is 6.17. The van der Waals surface area contributed by atoms with Crippen molar-refractivity contribution < 1.29 is 14.3 Å². The normalized spacial score (nSPS) is 10.2. The van der Waals surface area contributed by atoms with Crippen LogP contribution < -0.4 is 10.6 Å². The van der Waals surface area contributed by atoms with Gasteiger partial charge in [-0.05, 0) is 50.2 Å². The number of carbonyl (C=O) groups is 2. The number of nitrogens with zero attached hydrogens (tertiary/aromatic N) is 2. The molecule has 0 saturated heterocycles. The van der Waals surface area contributed by atoms with Gasteiger partial charge < -0.3 is 15.4 Å². The first-order valence-corrected chi connectivity index (χ1v) is 8.64. The molecule has 0 fully saturated rings. The molecule has 0 amide bonds. The Hall–Kier alpha value is -3.74. The number of hydrogen-bond acceptors (Lipinski definition) is 7. The Balaban J connectivity index is 1.79. The number of carbonyl (C=O) groups excluding carboxylic acids is 2. The van der Waals surface area contributed by atoms with Gasteiger partial charge in [-0.2, -0.15) is 4.98 Å². The van der Waals surface area contributed by atoms with Crippen LogP contribution in [0.5, 0.6) is 0 Å². The van der Waals surface area contributed by atoms with Crippen LogP contribution in [0.1, 0.15) is 33.3 Å². The molecular weight excluding hydrogens is 356 g/mol. The number of aryl methyl sites for hydroxylation is 1. The highest BCUT2D eigenvalue weighted by atomic mass is 16.5. The zero-order valence-corrected chi connectivity index (χ0v) is 15.8. The van der Waals surface area contributed by atoms with Crippen molar-refractivity contribution in [3.8, 4) is 0 Å². The molecule has 1 aromatic heterocycles. The lowest BCUT2D eigenvalue weighted by Gasteiger charge is -2.11. The number of ketones is 1. The molecule has 2 N–H and O–H groups in total. The molecule has 1 heterocycles. The molecule has 3 aromatic rings. The van der Waals surface area contributed by atoms with E-state index in [1.165, 1.54) is 14.0 Å². The lowest BCUT2D eigenvalue weighted by Crippen LogP contribution is -2.04. The lowest BCUT2D eigenvalue weighted by atomic mass is 10.1. The number of aromatic nitrogens is 2. The summed E-state index contributed by atoms with van der Waals surface area (Å²) >= 11 is 0. The van der Waals surface area contributed by atoms with Gasteiger partial charge in [0.2, 0.25) is 5.95 Å². The minimum atomic E-state index is -0.391. The van der Waals surface area contributed by atoms with Crippen LogP contribution in [0.4, 0.5) is 23.1 Å². The van der Waals surface area contributed by atoms with Gasteiger partial charge in [0.1, 0.15) is 5.82 Å². The van der Waals surface area contributed by atoms with E-state index in [0.717, 1.165) is 17.1 Å². The molecule has 7 heteroatoms. The first-order chi connectivity index (χ1) is 13.4. The standard InChI is InChI=1S/C21H20N4O3/c1-13-11-19(23-18-6-4-5-16(12-18)14(2)26)25-21(22-13)24-17-9-7-15(8-10-17)20(27)28-3/h4-12H,1-3H3,(H2,22,23,24,25). The summed E-state index contributed by atoms with van der Waals surface area (Å²) in [5.74, 6) is 0.621. The predicted octanol–water partition coefficient (Wildman–Crippen LogP) is 4.26. The van der Waals surface area contributed by atoms with Crippen molar-refractivity contribution in [2.75, 3.05) is 17.7 Å². The average Bonchev–Trinajstić information content (AvgIpc) is 2.67. The summed E-state index contributed by atoms with van der Waals surface area (Å²) in [5.41, 5.74) is 3.36. The van der Waals surface area contributed by atoms with Crippen molar-refractivity contribution in [2.45, 2.75) is 13.8 Å². The number of rotatable bonds is 6. The first-order valence-electron chi connectivity index (χ1n) is 8.64. The predicted molar refractivity (Wildman–Crippen MR) is 108 cm³/mol. The van der Waals surface area contributed by atoms with E-state index in [1.54, 1.807) is 36.4 Å². The average molecular weight is 376 g/mol. The van der Waals surface area contributed by atoms with Gasteiger partial charge in [-0.1, -0.05) is 12.1 Å². The van der Waals surface area contributed by atoms with Crippen LogP contribution in [0.25, 0.3) is 0 Å². The summed E-state index contributed by atoms with van der Waals surface area (Å²) in [6, 6.07) is 15.9. The Labute approximate surface area is 162 Å². The quantitative estimate of drug-likeness (QED) is 0.490. The highest BCUT2D eigenvalue weighted by Crippen LogP contribution is 2.20. The van der Waals surface area contributed by atoms with E-state index in [1.807, 2.05) is 25.1 Å². The number of esters is 1. The highest BCUT2D eigenvalue weighted by molar-refractivity contribution is 5.95. The Morgan fingerprint density at radius 1 is 0.893 bits per heavy atom. The Bertz CT molecular complexity index is 1020. The second kappa shape index (κ2) is 8.30. The molecule has 142 valence electrons. The smallest absolute Gasteiger partial charge is 0.337 e. The number of benzene rings is 2. The van der Waals surface area contributed by atoms with Crippen LogP contribution >= 0.6 is 0 Å². The van der Waals surface area contributed by atoms with E-state index in [0.29, 0.717) is 22.9 Å². The molecule has 28 heavy (non-hydrogen) atoms. The molecule has 0 spiro atoms. The van der Waals surface area contributed by atoms with E-state index in [-0.39, 0.29) is 5.78 Å². The van der Waals surface area contributed by atoms with Gasteiger partial charge >= 0.3 is 5.97 Å². The van der Waals surface area contributed by atoms with Crippen LogP contribution in [0, 0.1) is 6.92 Å². The van der Waals surface area contributed by atoms with Crippen LogP contribution in [0.3, 0.4) is 0 Å². The van der Waals surface area contributed by atoms with Crippen LogP contribution in [0.2, 0.25) is 0 Å². The third kappa shape index (κ3) is 4.70. The molecule has 7 nitrogen and oxygen atoms in total. The molecule has 3 rings (SSSR count). The maximum Gasteiger partial charge on any atom is 0.337 e. The van der Waals surface area contributed by atoms with E-state index < -0.39 is 5.97 Å². The minimum Gasteiger partial charge on any atom is -0.465 e. The van der Waals surface area contributed by atoms with Gasteiger partial charge in [0.15, 0.2) is 5.78 Å². The molecule has 0 saturated carbocycles. The van der Waals surface area contributed by atoms with Gasteiger partial charge in [-0.25, -0.2) is 9.78 Å². The first kappa shape index (κ1) is 19.0. The number of nitrogens with one attached hydrogen (secondary N) is 2. The third-order valence-corrected chi connectivity index (χ3v) is 3.96. The maximum atomic E-state index is 11.6. The Morgan fingerprint density at radius 2 is 1.64 bits per heavy atom. The highest BCUT2D eigenvalue weighted by Gasteiger charge is 2.07. The number of hydrogen-bond donors (Lipinski definition) is 2. The van der Waals surface area contributed by atoms with Crippen molar-refractivity contribution in [1.29, 1.82) is 0 Å². The second-order valence-corrected chi connectivity index (χ2v) is 6.17. The van der Waals surface area contributed by atoms with Gasteiger partial charge in [0, 0.05) is 28.7 Å².